The quantitative estimate of drug-likeness (QED) is 0.396. The van der Waals surface area contributed by atoms with Crippen LogP contribution >= 0.6 is 34.8 Å². The Hall–Kier alpha value is 0.160. The third kappa shape index (κ3) is 1.32. The van der Waals surface area contributed by atoms with E-state index in [0.29, 0.717) is 0 Å². The number of halogens is 1. The molecule has 1 heterocycles. The summed E-state index contributed by atoms with van der Waals surface area (Å²) in [5.74, 6) is 0.790. The van der Waals surface area contributed by atoms with E-state index in [1.807, 2.05) is 20.1 Å². The third-order valence-corrected chi connectivity index (χ3v) is 2.62. The fourth-order valence-electron chi connectivity index (χ4n) is 0.346. The number of hydrogen-bond acceptors (Lipinski definition) is 3. The Bertz CT molecular complexity index is 143. The van der Waals surface area contributed by atoms with Gasteiger partial charge in [0.25, 0.3) is 0 Å². The average molecular weight is 240 g/mol. The van der Waals surface area contributed by atoms with Gasteiger partial charge in [0, 0.05) is 0 Å². The molecule has 0 saturated heterocycles. The van der Waals surface area contributed by atoms with Gasteiger partial charge in [-0.2, -0.15) is 0 Å². The summed E-state index contributed by atoms with van der Waals surface area (Å²) in [5, 5.41) is 1.98. The highest BCUT2D eigenvalue weighted by Crippen LogP contribution is 2.23. The molecule has 4 heteroatoms. The summed E-state index contributed by atoms with van der Waals surface area (Å²) in [5.41, 5.74) is 5.49. The van der Waals surface area contributed by atoms with Crippen molar-refractivity contribution >= 4 is 34.8 Å². The van der Waals surface area contributed by atoms with Crippen molar-refractivity contribution in [3.8, 4) is 0 Å². The van der Waals surface area contributed by atoms with Gasteiger partial charge in [-0.15, -0.1) is 0 Å². The molecule has 0 aromatic carbocycles. The molecule has 0 bridgehead atoms. The molecule has 0 unspecified atom stereocenters. The van der Waals surface area contributed by atoms with Crippen molar-refractivity contribution in [3.63, 3.8) is 0 Å². The Morgan fingerprint density at radius 2 is 2.50 bits per heavy atom. The van der Waals surface area contributed by atoms with E-state index in [9.17, 15) is 0 Å². The number of nitrogens with two attached hydrogens (primary N) is 1. The Morgan fingerprint density at radius 1 is 1.75 bits per heavy atom. The van der Waals surface area contributed by atoms with Crippen molar-refractivity contribution < 1.29 is 0 Å². The molecule has 2 N–H and O–H groups in total. The number of allylic oxidation sites excluding steroid dienone is 2. The minimum Gasteiger partial charge on any atom is -0.384 e. The average Bonchev–Trinajstić information content (AvgIpc) is 1.77. The van der Waals surface area contributed by atoms with Gasteiger partial charge in [-0.1, -0.05) is 6.08 Å². The zero-order valence-electron chi connectivity index (χ0n) is 4.04. The number of hydrogen-bond donors (Lipinski definition) is 1. The summed E-state index contributed by atoms with van der Waals surface area (Å²) in [6.45, 7) is 0. The predicted octanol–water partition coefficient (Wildman–Crippen LogP) is 1.61. The lowest BCUT2D eigenvalue weighted by Crippen LogP contribution is -2.10. The predicted molar refractivity (Wildman–Crippen MR) is 44.9 cm³/mol. The summed E-state index contributed by atoms with van der Waals surface area (Å²) in [6, 6.07) is 0. The molecule has 0 amide bonds. The van der Waals surface area contributed by atoms with E-state index in [4.69, 9.17) is 5.73 Å². The van der Waals surface area contributed by atoms with Gasteiger partial charge in [0.1, 0.15) is 5.82 Å². The molecule has 0 saturated carbocycles. The van der Waals surface area contributed by atoms with Gasteiger partial charge >= 0.3 is 0 Å². The van der Waals surface area contributed by atoms with E-state index in [-0.39, 0.29) is 0 Å². The first-order chi connectivity index (χ1) is 3.80. The van der Waals surface area contributed by atoms with E-state index in [2.05, 4.69) is 22.9 Å². The second kappa shape index (κ2) is 2.63. The van der Waals surface area contributed by atoms with Crippen LogP contribution in [0, 0.1) is 0 Å². The Labute approximate surface area is 66.4 Å². The standard InChI is InChI=1S/C4H5IN2S/c5-7-4(6)2-1-3-8-7/h1-3H,6H2. The zero-order chi connectivity index (χ0) is 5.98. The maximum Gasteiger partial charge on any atom is 0.119 e. The van der Waals surface area contributed by atoms with Gasteiger partial charge in [0.05, 0.1) is 22.9 Å². The van der Waals surface area contributed by atoms with Crippen molar-refractivity contribution in [2.24, 2.45) is 5.73 Å². The Morgan fingerprint density at radius 3 is 2.88 bits per heavy atom. The van der Waals surface area contributed by atoms with Crippen LogP contribution in [0.1, 0.15) is 0 Å². The van der Waals surface area contributed by atoms with Crippen molar-refractivity contribution in [3.05, 3.63) is 23.4 Å². The molecule has 0 aromatic rings. The first kappa shape index (κ1) is 6.28. The van der Waals surface area contributed by atoms with Crippen LogP contribution < -0.4 is 5.73 Å². The van der Waals surface area contributed by atoms with Crippen LogP contribution in [0.3, 0.4) is 0 Å². The Kier molecular flexibility index (Phi) is 2.07. The monoisotopic (exact) mass is 240 g/mol. The van der Waals surface area contributed by atoms with Crippen molar-refractivity contribution in [2.75, 3.05) is 0 Å². The lowest BCUT2D eigenvalue weighted by atomic mass is 10.5. The molecular weight excluding hydrogens is 235 g/mol. The number of rotatable bonds is 0. The van der Waals surface area contributed by atoms with Crippen LogP contribution in [0.5, 0.6) is 0 Å². The lowest BCUT2D eigenvalue weighted by Gasteiger charge is -2.13. The van der Waals surface area contributed by atoms with E-state index in [0.717, 1.165) is 5.82 Å². The van der Waals surface area contributed by atoms with Crippen molar-refractivity contribution in [1.82, 2.24) is 2.52 Å². The van der Waals surface area contributed by atoms with Gasteiger partial charge in [-0.05, 0) is 23.4 Å². The fraction of sp³-hybridized carbons (Fsp3) is 0. The number of nitrogens with zero attached hydrogens (tertiary/aromatic N) is 1. The van der Waals surface area contributed by atoms with Crippen LogP contribution in [0.15, 0.2) is 23.4 Å². The highest BCUT2D eigenvalue weighted by molar-refractivity contribution is 14.1. The maximum atomic E-state index is 5.49. The largest absolute Gasteiger partial charge is 0.384 e. The fourth-order valence-corrected chi connectivity index (χ4v) is 1.34. The molecule has 0 aliphatic carbocycles. The summed E-state index contributed by atoms with van der Waals surface area (Å²) < 4.78 is 1.87. The topological polar surface area (TPSA) is 29.3 Å². The second-order valence-corrected chi connectivity index (χ2v) is 3.74. The lowest BCUT2D eigenvalue weighted by molar-refractivity contribution is 0.954. The molecule has 0 atom stereocenters. The first-order valence-corrected chi connectivity index (χ1v) is 3.86. The Balaban J connectivity index is 2.66. The van der Waals surface area contributed by atoms with Crippen LogP contribution in [0.25, 0.3) is 0 Å². The maximum absolute atomic E-state index is 5.49. The SMILES string of the molecule is NC1=CC=CSN1I. The second-order valence-electron chi connectivity index (χ2n) is 1.27. The molecule has 1 rings (SSSR count). The third-order valence-electron chi connectivity index (χ3n) is 0.702. The summed E-state index contributed by atoms with van der Waals surface area (Å²) in [6.07, 6.45) is 3.79. The van der Waals surface area contributed by atoms with Gasteiger partial charge in [0.15, 0.2) is 0 Å². The summed E-state index contributed by atoms with van der Waals surface area (Å²) in [4.78, 5) is 0. The molecular formula is C4H5IN2S. The minimum absolute atomic E-state index is 0.790. The smallest absolute Gasteiger partial charge is 0.119 e. The van der Waals surface area contributed by atoms with E-state index in [1.165, 1.54) is 0 Å². The molecule has 0 fully saturated rings. The molecule has 1 aliphatic heterocycles. The normalized spacial score (nSPS) is 18.6. The van der Waals surface area contributed by atoms with Crippen LogP contribution in [-0.2, 0) is 0 Å². The van der Waals surface area contributed by atoms with Gasteiger partial charge in [-0.3, -0.25) is 0 Å². The van der Waals surface area contributed by atoms with Gasteiger partial charge in [-0.25, -0.2) is 2.52 Å². The van der Waals surface area contributed by atoms with Crippen molar-refractivity contribution in [2.45, 2.75) is 0 Å². The van der Waals surface area contributed by atoms with Crippen LogP contribution in [-0.4, -0.2) is 2.52 Å². The summed E-state index contributed by atoms with van der Waals surface area (Å²) in [7, 11) is 0. The van der Waals surface area contributed by atoms with E-state index >= 15 is 0 Å². The van der Waals surface area contributed by atoms with E-state index in [1.54, 1.807) is 11.9 Å². The van der Waals surface area contributed by atoms with Gasteiger partial charge < -0.3 is 5.73 Å². The molecule has 8 heavy (non-hydrogen) atoms. The van der Waals surface area contributed by atoms with Crippen molar-refractivity contribution in [1.29, 1.82) is 0 Å². The minimum atomic E-state index is 0.790. The molecule has 2 nitrogen and oxygen atoms in total. The van der Waals surface area contributed by atoms with Crippen LogP contribution in [0.4, 0.5) is 0 Å². The van der Waals surface area contributed by atoms with E-state index < -0.39 is 0 Å². The highest BCUT2D eigenvalue weighted by atomic mass is 127. The van der Waals surface area contributed by atoms with Gasteiger partial charge in [0.2, 0.25) is 0 Å². The highest BCUT2D eigenvalue weighted by Gasteiger charge is 2.01. The molecule has 1 aliphatic rings. The van der Waals surface area contributed by atoms with Crippen LogP contribution in [0.2, 0.25) is 0 Å². The summed E-state index contributed by atoms with van der Waals surface area (Å²) >= 11 is 3.71. The molecule has 0 spiro atoms. The molecule has 0 aromatic heterocycles. The first-order valence-electron chi connectivity index (χ1n) is 2.05. The molecule has 0 radical (unpaired) electrons. The molecule has 44 valence electrons. The zero-order valence-corrected chi connectivity index (χ0v) is 7.02.